The van der Waals surface area contributed by atoms with Crippen molar-refractivity contribution in [3.8, 4) is 6.07 Å². The molecule has 0 N–H and O–H groups in total. The zero-order chi connectivity index (χ0) is 11.4. The Kier molecular flexibility index (Phi) is 3.83. The molecule has 0 aliphatic heterocycles. The van der Waals surface area contributed by atoms with Gasteiger partial charge >= 0.3 is 0 Å². The summed E-state index contributed by atoms with van der Waals surface area (Å²) in [5.41, 5.74) is 0. The fourth-order valence-electron chi connectivity index (χ4n) is 1.79. The maximum Gasteiger partial charge on any atom is 0.190 e. The van der Waals surface area contributed by atoms with Gasteiger partial charge in [0.25, 0.3) is 0 Å². The van der Waals surface area contributed by atoms with Crippen molar-refractivity contribution in [2.45, 2.75) is 43.2 Å². The van der Waals surface area contributed by atoms with Crippen LogP contribution in [0.5, 0.6) is 0 Å². The van der Waals surface area contributed by atoms with Crippen LogP contribution in [0.4, 0.5) is 0 Å². The Morgan fingerprint density at radius 2 is 2.31 bits per heavy atom. The molecule has 16 heavy (non-hydrogen) atoms. The van der Waals surface area contributed by atoms with Crippen molar-refractivity contribution in [2.24, 2.45) is 7.05 Å². The van der Waals surface area contributed by atoms with Crippen molar-refractivity contribution in [2.75, 3.05) is 5.75 Å². The second-order valence-electron chi connectivity index (χ2n) is 4.14. The molecule has 0 saturated heterocycles. The van der Waals surface area contributed by atoms with Crippen molar-refractivity contribution in [1.29, 1.82) is 5.26 Å². The molecular weight excluding hydrogens is 220 g/mol. The number of nitriles is 1. The van der Waals surface area contributed by atoms with E-state index in [0.29, 0.717) is 12.3 Å². The highest BCUT2D eigenvalue weighted by atomic mass is 32.2. The van der Waals surface area contributed by atoms with Crippen LogP contribution in [0.2, 0.25) is 0 Å². The summed E-state index contributed by atoms with van der Waals surface area (Å²) in [5, 5.41) is 17.9. The largest absolute Gasteiger partial charge is 0.309 e. The Morgan fingerprint density at radius 1 is 1.50 bits per heavy atom. The summed E-state index contributed by atoms with van der Waals surface area (Å²) < 4.78 is 2.11. The zero-order valence-corrected chi connectivity index (χ0v) is 10.3. The zero-order valence-electron chi connectivity index (χ0n) is 9.52. The number of thioether (sulfide) groups is 1. The number of nitrogens with zero attached hydrogens (tertiary/aromatic N) is 4. The molecule has 1 aromatic heterocycles. The van der Waals surface area contributed by atoms with E-state index in [2.05, 4.69) is 20.8 Å². The molecular formula is C11H16N4S. The monoisotopic (exact) mass is 236 g/mol. The van der Waals surface area contributed by atoms with Gasteiger partial charge in [0, 0.05) is 25.1 Å². The van der Waals surface area contributed by atoms with E-state index in [0.717, 1.165) is 23.2 Å². The third-order valence-electron chi connectivity index (χ3n) is 3.00. The highest BCUT2D eigenvalue weighted by Gasteiger charge is 2.25. The van der Waals surface area contributed by atoms with E-state index in [-0.39, 0.29) is 0 Å². The van der Waals surface area contributed by atoms with Gasteiger partial charge < -0.3 is 4.57 Å². The molecule has 1 aromatic rings. The second-order valence-corrected chi connectivity index (χ2v) is 5.20. The summed E-state index contributed by atoms with van der Waals surface area (Å²) in [6, 6.07) is 2.15. The maximum absolute atomic E-state index is 8.44. The van der Waals surface area contributed by atoms with Crippen molar-refractivity contribution >= 4 is 11.8 Å². The van der Waals surface area contributed by atoms with Crippen LogP contribution in [0.25, 0.3) is 0 Å². The van der Waals surface area contributed by atoms with Gasteiger partial charge in [-0.1, -0.05) is 18.2 Å². The molecule has 0 spiro atoms. The molecule has 1 aliphatic carbocycles. The molecule has 5 heteroatoms. The van der Waals surface area contributed by atoms with E-state index < -0.39 is 0 Å². The van der Waals surface area contributed by atoms with Gasteiger partial charge in [0.1, 0.15) is 5.82 Å². The first-order valence-electron chi connectivity index (χ1n) is 5.72. The van der Waals surface area contributed by atoms with E-state index in [1.165, 1.54) is 19.3 Å². The van der Waals surface area contributed by atoms with Crippen LogP contribution < -0.4 is 0 Å². The lowest BCUT2D eigenvalue weighted by molar-refractivity contribution is 0.390. The van der Waals surface area contributed by atoms with Crippen molar-refractivity contribution < 1.29 is 0 Å². The first-order chi connectivity index (χ1) is 7.83. The Morgan fingerprint density at radius 3 is 2.94 bits per heavy atom. The summed E-state index contributed by atoms with van der Waals surface area (Å²) in [5.74, 6) is 2.71. The SMILES string of the molecule is Cn1c(SCCCC#N)nnc1C1CCC1. The van der Waals surface area contributed by atoms with Crippen LogP contribution in [0.15, 0.2) is 5.16 Å². The molecule has 1 aliphatic rings. The number of hydrogen-bond acceptors (Lipinski definition) is 4. The molecule has 0 amide bonds. The summed E-state index contributed by atoms with van der Waals surface area (Å²) in [4.78, 5) is 0. The number of hydrogen-bond donors (Lipinski definition) is 0. The van der Waals surface area contributed by atoms with Gasteiger partial charge in [0.2, 0.25) is 0 Å². The fraction of sp³-hybridized carbons (Fsp3) is 0.727. The minimum absolute atomic E-state index is 0.625. The molecule has 0 aromatic carbocycles. The van der Waals surface area contributed by atoms with E-state index in [1.54, 1.807) is 11.8 Å². The lowest BCUT2D eigenvalue weighted by atomic mass is 9.85. The molecule has 0 radical (unpaired) electrons. The van der Waals surface area contributed by atoms with Gasteiger partial charge in [-0.3, -0.25) is 0 Å². The van der Waals surface area contributed by atoms with Crippen LogP contribution in [0, 0.1) is 11.3 Å². The van der Waals surface area contributed by atoms with Crippen molar-refractivity contribution in [3.05, 3.63) is 5.82 Å². The standard InChI is InChI=1S/C11H16N4S/c1-15-10(9-5-4-6-9)13-14-11(15)16-8-3-2-7-12/h9H,2-6,8H2,1H3. The Hall–Kier alpha value is -1.02. The van der Waals surface area contributed by atoms with Crippen LogP contribution in [-0.2, 0) is 7.05 Å². The molecule has 1 saturated carbocycles. The summed E-state index contributed by atoms with van der Waals surface area (Å²) in [6.07, 6.45) is 5.38. The van der Waals surface area contributed by atoms with Gasteiger partial charge in [0.05, 0.1) is 6.07 Å². The molecule has 1 heterocycles. The van der Waals surface area contributed by atoms with Gasteiger partial charge in [-0.2, -0.15) is 5.26 Å². The quantitative estimate of drug-likeness (QED) is 0.582. The van der Waals surface area contributed by atoms with Crippen LogP contribution in [-0.4, -0.2) is 20.5 Å². The van der Waals surface area contributed by atoms with Crippen LogP contribution in [0.1, 0.15) is 43.8 Å². The van der Waals surface area contributed by atoms with Gasteiger partial charge in [-0.25, -0.2) is 0 Å². The van der Waals surface area contributed by atoms with Gasteiger partial charge in [-0.05, 0) is 19.3 Å². The van der Waals surface area contributed by atoms with Crippen LogP contribution in [0.3, 0.4) is 0 Å². The number of aromatic nitrogens is 3. The molecule has 86 valence electrons. The fourth-order valence-corrected chi connectivity index (χ4v) is 2.65. The number of unbranched alkanes of at least 4 members (excludes halogenated alkanes) is 1. The summed E-state index contributed by atoms with van der Waals surface area (Å²) >= 11 is 1.70. The highest BCUT2D eigenvalue weighted by Crippen LogP contribution is 2.36. The van der Waals surface area contributed by atoms with E-state index in [4.69, 9.17) is 5.26 Å². The Bertz CT molecular complexity index is 389. The average Bonchev–Trinajstić information content (AvgIpc) is 2.54. The minimum Gasteiger partial charge on any atom is -0.309 e. The average molecular weight is 236 g/mol. The van der Waals surface area contributed by atoms with Crippen molar-refractivity contribution in [1.82, 2.24) is 14.8 Å². The molecule has 0 atom stereocenters. The lowest BCUT2D eigenvalue weighted by Crippen LogP contribution is -2.14. The van der Waals surface area contributed by atoms with E-state index in [1.807, 2.05) is 7.05 Å². The van der Waals surface area contributed by atoms with E-state index >= 15 is 0 Å². The maximum atomic E-state index is 8.44. The smallest absolute Gasteiger partial charge is 0.190 e. The van der Waals surface area contributed by atoms with Gasteiger partial charge in [-0.15, -0.1) is 10.2 Å². The first kappa shape index (κ1) is 11.5. The van der Waals surface area contributed by atoms with Crippen molar-refractivity contribution in [3.63, 3.8) is 0 Å². The molecule has 0 bridgehead atoms. The normalized spacial score (nSPS) is 15.8. The Balaban J connectivity index is 1.90. The third kappa shape index (κ3) is 2.38. The first-order valence-corrected chi connectivity index (χ1v) is 6.70. The Labute approximate surface area is 100 Å². The second kappa shape index (κ2) is 5.35. The van der Waals surface area contributed by atoms with E-state index in [9.17, 15) is 0 Å². The number of rotatable bonds is 5. The molecule has 2 rings (SSSR count). The summed E-state index contributed by atoms with van der Waals surface area (Å²) in [6.45, 7) is 0. The van der Waals surface area contributed by atoms with Crippen LogP contribution >= 0.6 is 11.8 Å². The van der Waals surface area contributed by atoms with Gasteiger partial charge in [0.15, 0.2) is 5.16 Å². The summed E-state index contributed by atoms with van der Waals surface area (Å²) in [7, 11) is 2.04. The topological polar surface area (TPSA) is 54.5 Å². The third-order valence-corrected chi connectivity index (χ3v) is 4.11. The minimum atomic E-state index is 0.625. The highest BCUT2D eigenvalue weighted by molar-refractivity contribution is 7.99. The predicted octanol–water partition coefficient (Wildman–Crippen LogP) is 2.48. The lowest BCUT2D eigenvalue weighted by Gasteiger charge is -2.23. The molecule has 4 nitrogen and oxygen atoms in total. The predicted molar refractivity (Wildman–Crippen MR) is 63.2 cm³/mol. The molecule has 0 unspecified atom stereocenters. The molecule has 1 fully saturated rings.